The van der Waals surface area contributed by atoms with E-state index in [1.807, 2.05) is 10.6 Å². The van der Waals surface area contributed by atoms with Crippen molar-refractivity contribution in [1.29, 1.82) is 0 Å². The largest absolute Gasteiger partial charge is 0.395 e. The molecule has 1 aromatic heterocycles. The number of aromatic nitrogens is 2. The lowest BCUT2D eigenvalue weighted by molar-refractivity contribution is 0.278. The molecule has 76 valence electrons. The van der Waals surface area contributed by atoms with Crippen LogP contribution in [0.5, 0.6) is 0 Å². The fraction of sp³-hybridized carbons (Fsp3) is 0.200. The van der Waals surface area contributed by atoms with Gasteiger partial charge in [0, 0.05) is 6.54 Å². The molecule has 0 bridgehead atoms. The predicted molar refractivity (Wildman–Crippen MR) is 54.6 cm³/mol. The van der Waals surface area contributed by atoms with Gasteiger partial charge in [0.1, 0.15) is 0 Å². The van der Waals surface area contributed by atoms with E-state index in [0.717, 1.165) is 11.0 Å². The third-order valence-electron chi connectivity index (χ3n) is 2.12. The number of isocyanates is 1. The standard InChI is InChI=1S/C10H9N3O2/c14-4-3-13-6-11-9-5-8(12-7-15)1-2-10(9)13/h1-2,5-6,14H,3-4H2. The molecule has 1 aromatic carbocycles. The minimum Gasteiger partial charge on any atom is -0.395 e. The molecule has 0 aliphatic rings. The number of aliphatic hydroxyl groups is 1. The average Bonchev–Trinajstić information content (AvgIpc) is 2.62. The molecule has 2 aromatic rings. The molecule has 0 radical (unpaired) electrons. The summed E-state index contributed by atoms with van der Waals surface area (Å²) < 4.78 is 1.84. The van der Waals surface area contributed by atoms with Crippen LogP contribution in [0.1, 0.15) is 0 Å². The van der Waals surface area contributed by atoms with Crippen LogP contribution in [0.2, 0.25) is 0 Å². The lowest BCUT2D eigenvalue weighted by atomic mass is 10.3. The van der Waals surface area contributed by atoms with Gasteiger partial charge < -0.3 is 9.67 Å². The van der Waals surface area contributed by atoms with E-state index in [0.29, 0.717) is 12.2 Å². The van der Waals surface area contributed by atoms with Crippen LogP contribution in [0.3, 0.4) is 0 Å². The highest BCUT2D eigenvalue weighted by molar-refractivity contribution is 5.79. The first kappa shape index (κ1) is 9.58. The number of imidazole rings is 1. The Bertz CT molecular complexity index is 526. The molecule has 5 nitrogen and oxygen atoms in total. The molecule has 0 atom stereocenters. The van der Waals surface area contributed by atoms with Crippen molar-refractivity contribution < 1.29 is 9.90 Å². The van der Waals surface area contributed by atoms with Crippen LogP contribution in [-0.2, 0) is 11.3 Å². The zero-order chi connectivity index (χ0) is 10.7. The minimum absolute atomic E-state index is 0.0691. The molecule has 0 amide bonds. The van der Waals surface area contributed by atoms with Gasteiger partial charge in [-0.15, -0.1) is 0 Å². The van der Waals surface area contributed by atoms with Crippen LogP contribution in [0.4, 0.5) is 5.69 Å². The molecule has 15 heavy (non-hydrogen) atoms. The average molecular weight is 203 g/mol. The number of fused-ring (bicyclic) bond motifs is 1. The molecule has 0 saturated heterocycles. The van der Waals surface area contributed by atoms with Gasteiger partial charge in [0.25, 0.3) is 0 Å². The van der Waals surface area contributed by atoms with E-state index < -0.39 is 0 Å². The van der Waals surface area contributed by atoms with E-state index in [2.05, 4.69) is 9.98 Å². The third kappa shape index (κ3) is 1.79. The summed E-state index contributed by atoms with van der Waals surface area (Å²) in [6.07, 6.45) is 3.13. The van der Waals surface area contributed by atoms with E-state index >= 15 is 0 Å². The van der Waals surface area contributed by atoms with Gasteiger partial charge in [0.2, 0.25) is 6.08 Å². The van der Waals surface area contributed by atoms with Crippen LogP contribution >= 0.6 is 0 Å². The summed E-state index contributed by atoms with van der Waals surface area (Å²) in [6, 6.07) is 5.23. The van der Waals surface area contributed by atoms with Crippen molar-refractivity contribution in [1.82, 2.24) is 9.55 Å². The van der Waals surface area contributed by atoms with Crippen molar-refractivity contribution in [2.24, 2.45) is 4.99 Å². The van der Waals surface area contributed by atoms with Gasteiger partial charge in [-0.25, -0.2) is 9.78 Å². The second kappa shape index (κ2) is 4.04. The number of hydrogen-bond acceptors (Lipinski definition) is 4. The van der Waals surface area contributed by atoms with E-state index in [9.17, 15) is 4.79 Å². The van der Waals surface area contributed by atoms with Crippen molar-refractivity contribution in [3.63, 3.8) is 0 Å². The Labute approximate surface area is 85.7 Å². The van der Waals surface area contributed by atoms with Gasteiger partial charge >= 0.3 is 0 Å². The van der Waals surface area contributed by atoms with E-state index in [1.165, 1.54) is 6.08 Å². The summed E-state index contributed by atoms with van der Waals surface area (Å²) in [7, 11) is 0. The van der Waals surface area contributed by atoms with E-state index in [1.54, 1.807) is 18.5 Å². The second-order valence-electron chi connectivity index (χ2n) is 3.04. The molecule has 0 fully saturated rings. The Morgan fingerprint density at radius 1 is 1.53 bits per heavy atom. The van der Waals surface area contributed by atoms with Crippen LogP contribution in [0, 0.1) is 0 Å². The molecular formula is C10H9N3O2. The summed E-state index contributed by atoms with van der Waals surface area (Å²) in [4.78, 5) is 17.7. The zero-order valence-corrected chi connectivity index (χ0v) is 7.92. The summed E-state index contributed by atoms with van der Waals surface area (Å²) in [5.41, 5.74) is 2.19. The van der Waals surface area contributed by atoms with Gasteiger partial charge in [-0.1, -0.05) is 0 Å². The Morgan fingerprint density at radius 2 is 2.40 bits per heavy atom. The molecule has 5 heteroatoms. The summed E-state index contributed by atoms with van der Waals surface area (Å²) in [5.74, 6) is 0. The maximum atomic E-state index is 10.1. The maximum Gasteiger partial charge on any atom is 0.240 e. The third-order valence-corrected chi connectivity index (χ3v) is 2.12. The number of nitrogens with zero attached hydrogens (tertiary/aromatic N) is 3. The van der Waals surface area contributed by atoms with Crippen LogP contribution in [0.15, 0.2) is 29.5 Å². The fourth-order valence-corrected chi connectivity index (χ4v) is 1.46. The Hall–Kier alpha value is -1.97. The molecule has 2 rings (SSSR count). The fourth-order valence-electron chi connectivity index (χ4n) is 1.46. The normalized spacial score (nSPS) is 10.2. The van der Waals surface area contributed by atoms with E-state index in [4.69, 9.17) is 5.11 Å². The van der Waals surface area contributed by atoms with E-state index in [-0.39, 0.29) is 6.61 Å². The molecular weight excluding hydrogens is 194 g/mol. The Morgan fingerprint density at radius 3 is 3.13 bits per heavy atom. The highest BCUT2D eigenvalue weighted by Crippen LogP contribution is 2.19. The first-order chi connectivity index (χ1) is 7.35. The summed E-state index contributed by atoms with van der Waals surface area (Å²) >= 11 is 0. The zero-order valence-electron chi connectivity index (χ0n) is 7.92. The topological polar surface area (TPSA) is 67.5 Å². The second-order valence-corrected chi connectivity index (χ2v) is 3.04. The quantitative estimate of drug-likeness (QED) is 0.597. The van der Waals surface area contributed by atoms with Crippen molar-refractivity contribution in [2.75, 3.05) is 6.61 Å². The van der Waals surface area contributed by atoms with Gasteiger partial charge in [0.05, 0.1) is 29.7 Å². The van der Waals surface area contributed by atoms with Crippen molar-refractivity contribution in [3.05, 3.63) is 24.5 Å². The van der Waals surface area contributed by atoms with Crippen molar-refractivity contribution in [3.8, 4) is 0 Å². The molecule has 1 N–H and O–H groups in total. The first-order valence-electron chi connectivity index (χ1n) is 4.49. The molecule has 0 unspecified atom stereocenters. The number of benzene rings is 1. The highest BCUT2D eigenvalue weighted by Gasteiger charge is 2.02. The molecule has 0 spiro atoms. The Balaban J connectivity index is 2.51. The number of aliphatic hydroxyl groups excluding tert-OH is 1. The molecule has 1 heterocycles. The predicted octanol–water partition coefficient (Wildman–Crippen LogP) is 0.996. The monoisotopic (exact) mass is 203 g/mol. The first-order valence-corrected chi connectivity index (χ1v) is 4.49. The van der Waals surface area contributed by atoms with Gasteiger partial charge in [0.15, 0.2) is 0 Å². The van der Waals surface area contributed by atoms with Crippen LogP contribution in [0.25, 0.3) is 11.0 Å². The number of rotatable bonds is 3. The minimum atomic E-state index is 0.0691. The van der Waals surface area contributed by atoms with Gasteiger partial charge in [-0.3, -0.25) is 0 Å². The lowest BCUT2D eigenvalue weighted by Gasteiger charge is -1.99. The molecule has 0 aliphatic heterocycles. The highest BCUT2D eigenvalue weighted by atomic mass is 16.3. The lowest BCUT2D eigenvalue weighted by Crippen LogP contribution is -1.99. The molecule has 0 saturated carbocycles. The van der Waals surface area contributed by atoms with Crippen LogP contribution < -0.4 is 0 Å². The van der Waals surface area contributed by atoms with Gasteiger partial charge in [-0.05, 0) is 18.2 Å². The van der Waals surface area contributed by atoms with Crippen molar-refractivity contribution >= 4 is 22.8 Å². The smallest absolute Gasteiger partial charge is 0.240 e. The maximum absolute atomic E-state index is 10.1. The number of aliphatic imine (C=N–C) groups is 1. The van der Waals surface area contributed by atoms with Gasteiger partial charge in [-0.2, -0.15) is 4.99 Å². The Kier molecular flexibility index (Phi) is 2.58. The van der Waals surface area contributed by atoms with Crippen molar-refractivity contribution in [2.45, 2.75) is 6.54 Å². The molecule has 0 aliphatic carbocycles. The number of carbonyl (C=O) groups excluding carboxylic acids is 1. The number of hydrogen-bond donors (Lipinski definition) is 1. The SMILES string of the molecule is O=C=Nc1ccc2c(c1)ncn2CCO. The van der Waals surface area contributed by atoms with Crippen LogP contribution in [-0.4, -0.2) is 27.3 Å². The summed E-state index contributed by atoms with van der Waals surface area (Å²) in [5, 5.41) is 8.82. The summed E-state index contributed by atoms with van der Waals surface area (Å²) in [6.45, 7) is 0.576.